The summed E-state index contributed by atoms with van der Waals surface area (Å²) in [6, 6.07) is 0.215. The number of ether oxygens (including phenoxy) is 2. The van der Waals surface area contributed by atoms with Crippen LogP contribution in [-0.2, 0) is 4.74 Å². The molecule has 0 radical (unpaired) electrons. The fraction of sp³-hybridized carbons (Fsp3) is 0.727. The van der Waals surface area contributed by atoms with Crippen molar-refractivity contribution in [1.29, 1.82) is 0 Å². The summed E-state index contributed by atoms with van der Waals surface area (Å²) in [5.41, 5.74) is 0. The second-order valence-electron chi connectivity index (χ2n) is 4.40. The molecule has 1 aromatic heterocycles. The van der Waals surface area contributed by atoms with Crippen molar-refractivity contribution in [2.45, 2.75) is 13.8 Å². The molecule has 7 heteroatoms. The van der Waals surface area contributed by atoms with E-state index in [-0.39, 0.29) is 11.3 Å². The number of aromatic nitrogens is 3. The van der Waals surface area contributed by atoms with E-state index in [1.54, 1.807) is 4.90 Å². The average molecular weight is 275 g/mol. The van der Waals surface area contributed by atoms with E-state index in [4.69, 9.17) is 21.1 Å². The second kappa shape index (κ2) is 7.33. The van der Waals surface area contributed by atoms with Gasteiger partial charge in [-0.1, -0.05) is 13.8 Å². The first kappa shape index (κ1) is 14.9. The van der Waals surface area contributed by atoms with Gasteiger partial charge in [0.15, 0.2) is 0 Å². The number of hydrogen-bond acceptors (Lipinski definition) is 6. The highest BCUT2D eigenvalue weighted by Crippen LogP contribution is 2.12. The molecule has 0 amide bonds. The third kappa shape index (κ3) is 5.46. The van der Waals surface area contributed by atoms with Crippen molar-refractivity contribution >= 4 is 17.5 Å². The molecule has 0 saturated carbocycles. The van der Waals surface area contributed by atoms with Crippen LogP contribution in [0.1, 0.15) is 13.8 Å². The number of nitrogens with zero attached hydrogens (tertiary/aromatic N) is 4. The largest absolute Gasteiger partial charge is 0.461 e. The molecule has 1 aromatic rings. The number of halogens is 1. The lowest BCUT2D eigenvalue weighted by atomic mass is 10.2. The lowest BCUT2D eigenvalue weighted by molar-refractivity contribution is 0.0791. The first-order chi connectivity index (χ1) is 8.49. The molecule has 0 aliphatic rings. The van der Waals surface area contributed by atoms with Crippen molar-refractivity contribution in [3.63, 3.8) is 0 Å². The Balaban J connectivity index is 2.42. The van der Waals surface area contributed by atoms with Gasteiger partial charge in [0.1, 0.15) is 6.61 Å². The van der Waals surface area contributed by atoms with Gasteiger partial charge in [0.25, 0.3) is 0 Å². The Labute approximate surface area is 112 Å². The van der Waals surface area contributed by atoms with Crippen LogP contribution in [0.4, 0.5) is 5.95 Å². The summed E-state index contributed by atoms with van der Waals surface area (Å²) in [6.45, 7) is 5.79. The normalized spacial score (nSPS) is 10.8. The summed E-state index contributed by atoms with van der Waals surface area (Å²) in [6.07, 6.45) is 0. The summed E-state index contributed by atoms with van der Waals surface area (Å²) in [5.74, 6) is 0.977. The highest BCUT2D eigenvalue weighted by atomic mass is 35.5. The van der Waals surface area contributed by atoms with Gasteiger partial charge in [0, 0.05) is 20.7 Å². The van der Waals surface area contributed by atoms with Crippen molar-refractivity contribution in [1.82, 2.24) is 15.0 Å². The minimum atomic E-state index is 0.117. The third-order valence-corrected chi connectivity index (χ3v) is 2.05. The van der Waals surface area contributed by atoms with Gasteiger partial charge in [0.2, 0.25) is 11.2 Å². The van der Waals surface area contributed by atoms with Gasteiger partial charge in [-0.3, -0.25) is 0 Å². The van der Waals surface area contributed by atoms with Crippen molar-refractivity contribution in [2.75, 3.05) is 38.8 Å². The standard InChI is InChI=1S/C11H19ClN4O2/c1-8(2)7-17-5-6-18-11-14-9(12)13-10(15-11)16(3)4/h8H,5-7H2,1-4H3. The molecule has 0 bridgehead atoms. The van der Waals surface area contributed by atoms with Crippen LogP contribution in [0.15, 0.2) is 0 Å². The van der Waals surface area contributed by atoms with Crippen LogP contribution in [0.3, 0.4) is 0 Å². The lowest BCUT2D eigenvalue weighted by Gasteiger charge is -2.11. The minimum absolute atomic E-state index is 0.117. The summed E-state index contributed by atoms with van der Waals surface area (Å²) >= 11 is 5.78. The Morgan fingerprint density at radius 2 is 1.89 bits per heavy atom. The zero-order chi connectivity index (χ0) is 13.5. The fourth-order valence-electron chi connectivity index (χ4n) is 1.10. The molecule has 0 N–H and O–H groups in total. The molecule has 0 aliphatic carbocycles. The van der Waals surface area contributed by atoms with Gasteiger partial charge < -0.3 is 14.4 Å². The Bertz CT molecular complexity index is 374. The first-order valence-electron chi connectivity index (χ1n) is 5.78. The van der Waals surface area contributed by atoms with E-state index in [1.807, 2.05) is 14.1 Å². The molecule has 0 spiro atoms. The van der Waals surface area contributed by atoms with Gasteiger partial charge >= 0.3 is 6.01 Å². The smallest absolute Gasteiger partial charge is 0.322 e. The molecule has 6 nitrogen and oxygen atoms in total. The van der Waals surface area contributed by atoms with Crippen LogP contribution in [-0.4, -0.2) is 48.9 Å². The van der Waals surface area contributed by atoms with E-state index in [2.05, 4.69) is 28.8 Å². The van der Waals surface area contributed by atoms with E-state index < -0.39 is 0 Å². The summed E-state index contributed by atoms with van der Waals surface area (Å²) < 4.78 is 10.7. The molecule has 1 rings (SSSR count). The predicted octanol–water partition coefficient (Wildman–Crippen LogP) is 1.64. The van der Waals surface area contributed by atoms with Crippen molar-refractivity contribution in [3.8, 4) is 6.01 Å². The van der Waals surface area contributed by atoms with Crippen LogP contribution in [0.5, 0.6) is 6.01 Å². The van der Waals surface area contributed by atoms with Gasteiger partial charge in [-0.05, 0) is 17.5 Å². The first-order valence-corrected chi connectivity index (χ1v) is 6.16. The van der Waals surface area contributed by atoms with E-state index in [1.165, 1.54) is 0 Å². The Morgan fingerprint density at radius 1 is 1.17 bits per heavy atom. The highest BCUT2D eigenvalue weighted by molar-refractivity contribution is 6.28. The van der Waals surface area contributed by atoms with Crippen molar-refractivity contribution in [3.05, 3.63) is 5.28 Å². The van der Waals surface area contributed by atoms with Gasteiger partial charge in [0.05, 0.1) is 6.61 Å². The molecule has 0 fully saturated rings. The van der Waals surface area contributed by atoms with Crippen LogP contribution < -0.4 is 9.64 Å². The van der Waals surface area contributed by atoms with Crippen LogP contribution >= 0.6 is 11.6 Å². The molecule has 0 aliphatic heterocycles. The molecule has 18 heavy (non-hydrogen) atoms. The van der Waals surface area contributed by atoms with Crippen molar-refractivity contribution < 1.29 is 9.47 Å². The van der Waals surface area contributed by atoms with Gasteiger partial charge in [-0.25, -0.2) is 0 Å². The monoisotopic (exact) mass is 274 g/mol. The molecule has 1 heterocycles. The quantitative estimate of drug-likeness (QED) is 0.705. The van der Waals surface area contributed by atoms with Crippen LogP contribution in [0, 0.1) is 5.92 Å². The molecule has 102 valence electrons. The predicted molar refractivity (Wildman–Crippen MR) is 70.3 cm³/mol. The van der Waals surface area contributed by atoms with E-state index in [0.29, 0.717) is 31.7 Å². The maximum atomic E-state index is 5.78. The van der Waals surface area contributed by atoms with E-state index in [0.717, 1.165) is 0 Å². The van der Waals surface area contributed by atoms with Gasteiger partial charge in [-0.15, -0.1) is 0 Å². The number of anilines is 1. The second-order valence-corrected chi connectivity index (χ2v) is 4.74. The SMILES string of the molecule is CC(C)COCCOc1nc(Cl)nc(N(C)C)n1. The highest BCUT2D eigenvalue weighted by Gasteiger charge is 2.07. The Hall–Kier alpha value is -1.14. The van der Waals surface area contributed by atoms with E-state index >= 15 is 0 Å². The van der Waals surface area contributed by atoms with Gasteiger partial charge in [-0.2, -0.15) is 15.0 Å². The molecular formula is C11H19ClN4O2. The Kier molecular flexibility index (Phi) is 6.07. The third-order valence-electron chi connectivity index (χ3n) is 1.89. The minimum Gasteiger partial charge on any atom is -0.461 e. The summed E-state index contributed by atoms with van der Waals surface area (Å²) in [5, 5.41) is 0.117. The molecule has 0 atom stereocenters. The Morgan fingerprint density at radius 3 is 2.50 bits per heavy atom. The summed E-state index contributed by atoms with van der Waals surface area (Å²) in [7, 11) is 3.64. The van der Waals surface area contributed by atoms with E-state index in [9.17, 15) is 0 Å². The van der Waals surface area contributed by atoms with Crippen molar-refractivity contribution in [2.24, 2.45) is 5.92 Å². The topological polar surface area (TPSA) is 60.4 Å². The van der Waals surface area contributed by atoms with Crippen LogP contribution in [0.2, 0.25) is 5.28 Å². The molecule has 0 aromatic carbocycles. The lowest BCUT2D eigenvalue weighted by Crippen LogP contribution is -2.16. The summed E-state index contributed by atoms with van der Waals surface area (Å²) in [4.78, 5) is 13.7. The fourth-order valence-corrected chi connectivity index (χ4v) is 1.25. The average Bonchev–Trinajstić information content (AvgIpc) is 2.27. The number of hydrogen-bond donors (Lipinski definition) is 0. The zero-order valence-electron chi connectivity index (χ0n) is 11.2. The maximum Gasteiger partial charge on any atom is 0.322 e. The molecular weight excluding hydrogens is 256 g/mol. The molecule has 0 saturated heterocycles. The zero-order valence-corrected chi connectivity index (χ0v) is 11.9. The maximum absolute atomic E-state index is 5.78. The molecule has 0 unspecified atom stereocenters. The van der Waals surface area contributed by atoms with Crippen LogP contribution in [0.25, 0.3) is 0 Å². The number of rotatable bonds is 7.